The number of hydrogen-bond acceptors (Lipinski definition) is 4. The van der Waals surface area contributed by atoms with Crippen LogP contribution in [0.25, 0.3) is 0 Å². The zero-order chi connectivity index (χ0) is 15.3. The quantitative estimate of drug-likeness (QED) is 0.879. The highest BCUT2D eigenvalue weighted by Crippen LogP contribution is 2.21. The van der Waals surface area contributed by atoms with E-state index in [4.69, 9.17) is 9.47 Å². The highest BCUT2D eigenvalue weighted by molar-refractivity contribution is 5.82. The molecule has 116 valence electrons. The molecule has 0 spiro atoms. The lowest BCUT2D eigenvalue weighted by Crippen LogP contribution is -2.55. The van der Waals surface area contributed by atoms with E-state index in [0.29, 0.717) is 19.8 Å². The van der Waals surface area contributed by atoms with Gasteiger partial charge in [0.1, 0.15) is 6.10 Å². The fraction of sp³-hybridized carbons (Fsp3) is 0.562. The molecule has 2 atom stereocenters. The smallest absolute Gasteiger partial charge is 0.251 e. The van der Waals surface area contributed by atoms with Gasteiger partial charge >= 0.3 is 0 Å². The van der Waals surface area contributed by atoms with Crippen LogP contribution in [0.2, 0.25) is 0 Å². The molecule has 5 heteroatoms. The molecule has 21 heavy (non-hydrogen) atoms. The van der Waals surface area contributed by atoms with E-state index in [1.54, 1.807) is 7.11 Å². The molecule has 0 aliphatic carbocycles. The summed E-state index contributed by atoms with van der Waals surface area (Å²) in [6.45, 7) is 4.43. The van der Waals surface area contributed by atoms with Crippen LogP contribution in [0.1, 0.15) is 12.5 Å². The fourth-order valence-corrected chi connectivity index (χ4v) is 2.58. The Morgan fingerprint density at radius 2 is 2.19 bits per heavy atom. The monoisotopic (exact) mass is 292 g/mol. The Labute approximate surface area is 126 Å². The van der Waals surface area contributed by atoms with Gasteiger partial charge in [-0.15, -0.1) is 0 Å². The number of likely N-dealkylation sites (N-methyl/N-ethyl adjacent to an activating group) is 1. The molecule has 0 bridgehead atoms. The summed E-state index contributed by atoms with van der Waals surface area (Å²) in [5.74, 6) is -0.0926. The number of morpholine rings is 1. The molecular formula is C16H24N2O3. The highest BCUT2D eigenvalue weighted by atomic mass is 16.5. The van der Waals surface area contributed by atoms with Crippen LogP contribution in [-0.4, -0.2) is 57.4 Å². The first-order valence-corrected chi connectivity index (χ1v) is 7.22. The molecule has 1 aliphatic rings. The molecule has 0 unspecified atom stereocenters. The van der Waals surface area contributed by atoms with Gasteiger partial charge in [0.2, 0.25) is 0 Å². The number of nitrogens with one attached hydrogen (secondary N) is 1. The fourth-order valence-electron chi connectivity index (χ4n) is 2.58. The largest absolute Gasteiger partial charge is 0.382 e. The van der Waals surface area contributed by atoms with Gasteiger partial charge in [0.25, 0.3) is 5.91 Å². The van der Waals surface area contributed by atoms with Gasteiger partial charge in [-0.3, -0.25) is 4.79 Å². The molecule has 1 saturated heterocycles. The number of rotatable bonds is 5. The summed E-state index contributed by atoms with van der Waals surface area (Å²) in [4.78, 5) is 14.6. The van der Waals surface area contributed by atoms with Gasteiger partial charge in [-0.1, -0.05) is 30.3 Å². The summed E-state index contributed by atoms with van der Waals surface area (Å²) in [6, 6.07) is 9.86. The zero-order valence-corrected chi connectivity index (χ0v) is 13.0. The molecule has 1 N–H and O–H groups in total. The summed E-state index contributed by atoms with van der Waals surface area (Å²) in [5, 5.41) is 3.09. The molecule has 1 fully saturated rings. The Morgan fingerprint density at radius 1 is 1.48 bits per heavy atom. The maximum atomic E-state index is 12.5. The number of carbonyl (C=O) groups is 1. The summed E-state index contributed by atoms with van der Waals surface area (Å²) in [6.07, 6.45) is -0.427. The minimum atomic E-state index is -0.563. The summed E-state index contributed by atoms with van der Waals surface area (Å²) in [5.41, 5.74) is 0.455. The van der Waals surface area contributed by atoms with Crippen LogP contribution in [-0.2, 0) is 19.8 Å². The van der Waals surface area contributed by atoms with Crippen LogP contribution >= 0.6 is 0 Å². The van der Waals surface area contributed by atoms with Crippen molar-refractivity contribution in [3.05, 3.63) is 35.9 Å². The number of nitrogens with zero attached hydrogens (tertiary/aromatic N) is 1. The molecule has 5 nitrogen and oxygen atoms in total. The van der Waals surface area contributed by atoms with Crippen LogP contribution in [0, 0.1) is 0 Å². The third-order valence-electron chi connectivity index (χ3n) is 3.80. The topological polar surface area (TPSA) is 50.8 Å². The van der Waals surface area contributed by atoms with Crippen LogP contribution in [0.15, 0.2) is 30.3 Å². The Balaban J connectivity index is 2.10. The maximum absolute atomic E-state index is 12.5. The first-order chi connectivity index (χ1) is 10.0. The molecule has 0 aromatic heterocycles. The van der Waals surface area contributed by atoms with Crippen LogP contribution in [0.4, 0.5) is 0 Å². The molecule has 1 aromatic rings. The van der Waals surface area contributed by atoms with E-state index in [2.05, 4.69) is 10.2 Å². The molecule has 1 aromatic carbocycles. The van der Waals surface area contributed by atoms with Crippen LogP contribution in [0.3, 0.4) is 0 Å². The lowest BCUT2D eigenvalue weighted by molar-refractivity contribution is -0.140. The number of methoxy groups -OCH3 is 1. The van der Waals surface area contributed by atoms with Crippen LogP contribution < -0.4 is 5.32 Å². The Morgan fingerprint density at radius 3 is 2.81 bits per heavy atom. The number of ether oxygens (including phenoxy) is 2. The zero-order valence-electron chi connectivity index (χ0n) is 13.0. The van der Waals surface area contributed by atoms with Crippen molar-refractivity contribution in [1.82, 2.24) is 10.2 Å². The molecular weight excluding hydrogens is 268 g/mol. The number of amides is 1. The van der Waals surface area contributed by atoms with Crippen molar-refractivity contribution in [2.45, 2.75) is 18.6 Å². The second-order valence-electron chi connectivity index (χ2n) is 5.74. The first-order valence-electron chi connectivity index (χ1n) is 7.22. The van der Waals surface area contributed by atoms with E-state index in [-0.39, 0.29) is 5.91 Å². The summed E-state index contributed by atoms with van der Waals surface area (Å²) < 4.78 is 10.9. The van der Waals surface area contributed by atoms with Gasteiger partial charge in [0, 0.05) is 20.2 Å². The van der Waals surface area contributed by atoms with E-state index in [1.165, 1.54) is 0 Å². The SMILES string of the molecule is COC[C@](C)(NC(=O)[C@H]1CN(C)CCO1)c1ccccc1. The van der Waals surface area contributed by atoms with Gasteiger partial charge in [0.15, 0.2) is 0 Å². The van der Waals surface area contributed by atoms with Crippen molar-refractivity contribution in [2.75, 3.05) is 40.5 Å². The van der Waals surface area contributed by atoms with Crippen molar-refractivity contribution in [3.63, 3.8) is 0 Å². The predicted molar refractivity (Wildman–Crippen MR) is 81.0 cm³/mol. The van der Waals surface area contributed by atoms with Crippen molar-refractivity contribution < 1.29 is 14.3 Å². The molecule has 1 amide bonds. The molecule has 0 radical (unpaired) electrons. The average molecular weight is 292 g/mol. The van der Waals surface area contributed by atoms with E-state index < -0.39 is 11.6 Å². The maximum Gasteiger partial charge on any atom is 0.251 e. The van der Waals surface area contributed by atoms with Gasteiger partial charge < -0.3 is 19.7 Å². The molecule has 1 heterocycles. The van der Waals surface area contributed by atoms with Gasteiger partial charge in [-0.2, -0.15) is 0 Å². The van der Waals surface area contributed by atoms with Crippen molar-refractivity contribution in [3.8, 4) is 0 Å². The van der Waals surface area contributed by atoms with Gasteiger partial charge in [-0.05, 0) is 19.5 Å². The first kappa shape index (κ1) is 15.9. The van der Waals surface area contributed by atoms with E-state index in [9.17, 15) is 4.79 Å². The minimum Gasteiger partial charge on any atom is -0.382 e. The van der Waals surface area contributed by atoms with Crippen LogP contribution in [0.5, 0.6) is 0 Å². The lowest BCUT2D eigenvalue weighted by Gasteiger charge is -2.35. The Bertz CT molecular complexity index is 466. The van der Waals surface area contributed by atoms with E-state index >= 15 is 0 Å². The average Bonchev–Trinajstić information content (AvgIpc) is 2.48. The standard InChI is InChI=1S/C16H24N2O3/c1-16(12-20-3,13-7-5-4-6-8-13)17-15(19)14-11-18(2)9-10-21-14/h4-8,14H,9-12H2,1-3H3,(H,17,19)/t14-,16+/m1/s1. The Hall–Kier alpha value is -1.43. The number of carbonyl (C=O) groups excluding carboxylic acids is 1. The third kappa shape index (κ3) is 4.03. The van der Waals surface area contributed by atoms with Crippen molar-refractivity contribution in [1.29, 1.82) is 0 Å². The summed E-state index contributed by atoms with van der Waals surface area (Å²) >= 11 is 0. The Kier molecular flexibility index (Phi) is 5.33. The second kappa shape index (κ2) is 7.02. The highest BCUT2D eigenvalue weighted by Gasteiger charge is 2.33. The van der Waals surface area contributed by atoms with E-state index in [1.807, 2.05) is 44.3 Å². The minimum absolute atomic E-state index is 0.0926. The lowest BCUT2D eigenvalue weighted by atomic mass is 9.92. The normalized spacial score (nSPS) is 22.5. The molecule has 0 saturated carbocycles. The second-order valence-corrected chi connectivity index (χ2v) is 5.74. The van der Waals surface area contributed by atoms with Crippen molar-refractivity contribution in [2.24, 2.45) is 0 Å². The summed E-state index contributed by atoms with van der Waals surface area (Å²) in [7, 11) is 3.63. The van der Waals surface area contributed by atoms with Gasteiger partial charge in [-0.25, -0.2) is 0 Å². The molecule has 1 aliphatic heterocycles. The van der Waals surface area contributed by atoms with Crippen molar-refractivity contribution >= 4 is 5.91 Å². The number of hydrogen-bond donors (Lipinski definition) is 1. The van der Waals surface area contributed by atoms with Gasteiger partial charge in [0.05, 0.1) is 18.8 Å². The predicted octanol–water partition coefficient (Wildman–Crippen LogP) is 0.995. The molecule has 2 rings (SSSR count). The van der Waals surface area contributed by atoms with E-state index in [0.717, 1.165) is 12.1 Å². The number of benzene rings is 1. The third-order valence-corrected chi connectivity index (χ3v) is 3.80.